The molecule has 0 atom stereocenters. The number of nitrogens with zero attached hydrogens (tertiary/aromatic N) is 2. The van der Waals surface area contributed by atoms with Gasteiger partial charge in [0.15, 0.2) is 5.11 Å². The van der Waals surface area contributed by atoms with Gasteiger partial charge in [-0.15, -0.1) is 0 Å². The Balaban J connectivity index is 1.70. The van der Waals surface area contributed by atoms with E-state index in [0.29, 0.717) is 0 Å². The lowest BCUT2D eigenvalue weighted by Crippen LogP contribution is -2.31. The molecule has 0 radical (unpaired) electrons. The summed E-state index contributed by atoms with van der Waals surface area (Å²) in [5.41, 5.74) is 6.21. The molecule has 1 aliphatic rings. The Morgan fingerprint density at radius 3 is 2.60 bits per heavy atom. The standard InChI is InChI=1S/C21H27N3S/c1-16-10-11-17(2)19(14-16)22-21(25)23(3)15-18-8-4-5-9-20(18)24-12-6-7-13-24/h4-5,8-11,14H,6-7,12-13,15H2,1-3H3,(H,22,25). The first-order chi connectivity index (χ1) is 12.0. The number of hydrogen-bond acceptors (Lipinski definition) is 2. The number of thiocarbonyl (C=S) groups is 1. The van der Waals surface area contributed by atoms with Crippen LogP contribution in [0.15, 0.2) is 42.5 Å². The van der Waals surface area contributed by atoms with Crippen LogP contribution in [0.25, 0.3) is 0 Å². The Morgan fingerprint density at radius 1 is 1.12 bits per heavy atom. The second-order valence-corrected chi connectivity index (χ2v) is 7.31. The summed E-state index contributed by atoms with van der Waals surface area (Å²) in [6.07, 6.45) is 2.58. The molecule has 25 heavy (non-hydrogen) atoms. The number of hydrogen-bond donors (Lipinski definition) is 1. The highest BCUT2D eigenvalue weighted by molar-refractivity contribution is 7.80. The Labute approximate surface area is 156 Å². The topological polar surface area (TPSA) is 18.5 Å². The summed E-state index contributed by atoms with van der Waals surface area (Å²) in [5.74, 6) is 0. The minimum atomic E-state index is 0.755. The molecule has 1 heterocycles. The Hall–Kier alpha value is -2.07. The van der Waals surface area contributed by atoms with Gasteiger partial charge in [-0.1, -0.05) is 30.3 Å². The van der Waals surface area contributed by atoms with Gasteiger partial charge < -0.3 is 15.1 Å². The smallest absolute Gasteiger partial charge is 0.173 e. The van der Waals surface area contributed by atoms with Gasteiger partial charge in [0.1, 0.15) is 0 Å². The Morgan fingerprint density at radius 2 is 1.84 bits per heavy atom. The lowest BCUT2D eigenvalue weighted by Gasteiger charge is -2.26. The molecule has 2 aromatic rings. The molecule has 0 bridgehead atoms. The highest BCUT2D eigenvalue weighted by Crippen LogP contribution is 2.25. The molecule has 1 N–H and O–H groups in total. The number of rotatable bonds is 4. The van der Waals surface area contributed by atoms with Gasteiger partial charge in [-0.25, -0.2) is 0 Å². The van der Waals surface area contributed by atoms with E-state index < -0.39 is 0 Å². The molecule has 0 aliphatic carbocycles. The highest BCUT2D eigenvalue weighted by Gasteiger charge is 2.17. The molecule has 0 saturated carbocycles. The summed E-state index contributed by atoms with van der Waals surface area (Å²) >= 11 is 5.64. The number of benzene rings is 2. The summed E-state index contributed by atoms with van der Waals surface area (Å²) in [6, 6.07) is 15.1. The zero-order chi connectivity index (χ0) is 17.8. The lowest BCUT2D eigenvalue weighted by atomic mass is 10.1. The fourth-order valence-corrected chi connectivity index (χ4v) is 3.49. The van der Waals surface area contributed by atoms with Crippen molar-refractivity contribution < 1.29 is 0 Å². The molecule has 1 saturated heterocycles. The van der Waals surface area contributed by atoms with Crippen molar-refractivity contribution in [3.8, 4) is 0 Å². The van der Waals surface area contributed by atoms with Crippen LogP contribution >= 0.6 is 12.2 Å². The second kappa shape index (κ2) is 7.87. The Kier molecular flexibility index (Phi) is 5.59. The maximum absolute atomic E-state index is 5.64. The zero-order valence-corrected chi connectivity index (χ0v) is 16.2. The molecule has 2 aromatic carbocycles. The maximum atomic E-state index is 5.64. The summed E-state index contributed by atoms with van der Waals surface area (Å²) in [7, 11) is 2.06. The van der Waals surface area contributed by atoms with E-state index in [2.05, 4.69) is 78.5 Å². The van der Waals surface area contributed by atoms with E-state index >= 15 is 0 Å². The molecule has 0 amide bonds. The van der Waals surface area contributed by atoms with Gasteiger partial charge in [0.25, 0.3) is 0 Å². The monoisotopic (exact) mass is 353 g/mol. The molecule has 0 spiro atoms. The van der Waals surface area contributed by atoms with Crippen molar-refractivity contribution in [1.29, 1.82) is 0 Å². The molecule has 132 valence electrons. The third kappa shape index (κ3) is 4.31. The molecule has 3 nitrogen and oxygen atoms in total. The summed E-state index contributed by atoms with van der Waals surface area (Å²) < 4.78 is 0. The quantitative estimate of drug-likeness (QED) is 0.801. The summed E-state index contributed by atoms with van der Waals surface area (Å²) in [6.45, 7) is 7.33. The van der Waals surface area contributed by atoms with Crippen LogP contribution in [-0.2, 0) is 6.54 Å². The van der Waals surface area contributed by atoms with Gasteiger partial charge in [-0.3, -0.25) is 0 Å². The first kappa shape index (κ1) is 17.7. The molecule has 4 heteroatoms. The number of para-hydroxylation sites is 1. The van der Waals surface area contributed by atoms with Crippen LogP contribution in [0.2, 0.25) is 0 Å². The van der Waals surface area contributed by atoms with Crippen molar-refractivity contribution >= 4 is 28.7 Å². The van der Waals surface area contributed by atoms with Crippen molar-refractivity contribution in [2.75, 3.05) is 30.4 Å². The fourth-order valence-electron chi connectivity index (χ4n) is 3.32. The molecule has 3 rings (SSSR count). The third-order valence-corrected chi connectivity index (χ3v) is 5.24. The van der Waals surface area contributed by atoms with Gasteiger partial charge in [0, 0.05) is 38.1 Å². The van der Waals surface area contributed by atoms with Crippen molar-refractivity contribution in [3.05, 3.63) is 59.2 Å². The first-order valence-electron chi connectivity index (χ1n) is 8.97. The van der Waals surface area contributed by atoms with Crippen molar-refractivity contribution in [3.63, 3.8) is 0 Å². The zero-order valence-electron chi connectivity index (χ0n) is 15.4. The van der Waals surface area contributed by atoms with Crippen LogP contribution in [0.1, 0.15) is 29.5 Å². The first-order valence-corrected chi connectivity index (χ1v) is 9.37. The van der Waals surface area contributed by atoms with E-state index in [1.54, 1.807) is 0 Å². The van der Waals surface area contributed by atoms with E-state index in [4.69, 9.17) is 12.2 Å². The largest absolute Gasteiger partial charge is 0.371 e. The van der Waals surface area contributed by atoms with Gasteiger partial charge in [-0.2, -0.15) is 0 Å². The number of anilines is 2. The molecular formula is C21H27N3S. The number of nitrogens with one attached hydrogen (secondary N) is 1. The van der Waals surface area contributed by atoms with E-state index in [0.717, 1.165) is 30.4 Å². The molecule has 1 aliphatic heterocycles. The van der Waals surface area contributed by atoms with E-state index in [1.165, 1.54) is 35.2 Å². The minimum absolute atomic E-state index is 0.755. The normalized spacial score (nSPS) is 13.8. The average molecular weight is 354 g/mol. The van der Waals surface area contributed by atoms with Crippen molar-refractivity contribution in [1.82, 2.24) is 4.90 Å². The predicted molar refractivity (Wildman–Crippen MR) is 111 cm³/mol. The van der Waals surface area contributed by atoms with Crippen LogP contribution in [0, 0.1) is 13.8 Å². The van der Waals surface area contributed by atoms with Gasteiger partial charge in [0.2, 0.25) is 0 Å². The SMILES string of the molecule is Cc1ccc(C)c(NC(=S)N(C)Cc2ccccc2N2CCCC2)c1. The molecule has 1 fully saturated rings. The minimum Gasteiger partial charge on any atom is -0.371 e. The average Bonchev–Trinajstić information content (AvgIpc) is 3.13. The van der Waals surface area contributed by atoms with E-state index in [1.807, 2.05) is 0 Å². The fraction of sp³-hybridized carbons (Fsp3) is 0.381. The number of aryl methyl sites for hydroxylation is 2. The van der Waals surface area contributed by atoms with Gasteiger partial charge in [-0.05, 0) is 67.7 Å². The second-order valence-electron chi connectivity index (χ2n) is 6.93. The van der Waals surface area contributed by atoms with E-state index in [9.17, 15) is 0 Å². The van der Waals surface area contributed by atoms with Crippen LogP contribution in [0.3, 0.4) is 0 Å². The van der Waals surface area contributed by atoms with Crippen molar-refractivity contribution in [2.24, 2.45) is 0 Å². The summed E-state index contributed by atoms with van der Waals surface area (Å²) in [4.78, 5) is 4.61. The molecule has 0 unspecified atom stereocenters. The third-order valence-electron chi connectivity index (χ3n) is 4.83. The van der Waals surface area contributed by atoms with Crippen LogP contribution < -0.4 is 10.2 Å². The predicted octanol–water partition coefficient (Wildman–Crippen LogP) is 4.73. The van der Waals surface area contributed by atoms with E-state index in [-0.39, 0.29) is 0 Å². The van der Waals surface area contributed by atoms with Crippen molar-refractivity contribution in [2.45, 2.75) is 33.2 Å². The Bertz CT molecular complexity index is 751. The van der Waals surface area contributed by atoms with Crippen LogP contribution in [0.5, 0.6) is 0 Å². The van der Waals surface area contributed by atoms with Gasteiger partial charge >= 0.3 is 0 Å². The van der Waals surface area contributed by atoms with Gasteiger partial charge in [0.05, 0.1) is 0 Å². The lowest BCUT2D eigenvalue weighted by molar-refractivity contribution is 0.508. The maximum Gasteiger partial charge on any atom is 0.173 e. The van der Waals surface area contributed by atoms with Crippen LogP contribution in [-0.4, -0.2) is 30.1 Å². The highest BCUT2D eigenvalue weighted by atomic mass is 32.1. The van der Waals surface area contributed by atoms with Crippen LogP contribution in [0.4, 0.5) is 11.4 Å². The molecular weight excluding hydrogens is 326 g/mol. The molecule has 0 aromatic heterocycles. The summed E-state index contributed by atoms with van der Waals surface area (Å²) in [5, 5.41) is 4.16.